The average molecular weight is 327 g/mol. The lowest BCUT2D eigenvalue weighted by Crippen LogP contribution is -2.59. The molecule has 0 radical (unpaired) electrons. The summed E-state index contributed by atoms with van der Waals surface area (Å²) < 4.78 is 6.61. The molecule has 0 bridgehead atoms. The molecule has 4 nitrogen and oxygen atoms in total. The third-order valence-corrected chi connectivity index (χ3v) is 4.02. The van der Waals surface area contributed by atoms with E-state index in [2.05, 4.69) is 26.6 Å². The molecule has 0 aromatic heterocycles. The molecule has 19 heavy (non-hydrogen) atoms. The fourth-order valence-corrected chi connectivity index (χ4v) is 2.63. The number of hydrogen-bond acceptors (Lipinski definition) is 3. The quantitative estimate of drug-likeness (QED) is 0.870. The number of amides is 1. The Balaban J connectivity index is 1.83. The molecular weight excluding hydrogens is 308 g/mol. The first-order valence-corrected chi connectivity index (χ1v) is 7.18. The molecule has 1 amide bonds. The van der Waals surface area contributed by atoms with Crippen LogP contribution < -0.4 is 10.6 Å². The largest absolute Gasteiger partial charge is 0.363 e. The molecule has 1 aliphatic rings. The molecule has 1 heterocycles. The van der Waals surface area contributed by atoms with Gasteiger partial charge >= 0.3 is 0 Å². The van der Waals surface area contributed by atoms with E-state index in [1.807, 2.05) is 38.1 Å². The van der Waals surface area contributed by atoms with Crippen LogP contribution in [0.3, 0.4) is 0 Å². The number of benzene rings is 1. The minimum atomic E-state index is -0.187. The summed E-state index contributed by atoms with van der Waals surface area (Å²) in [5, 5.41) is 6.08. The molecule has 1 aliphatic heterocycles. The van der Waals surface area contributed by atoms with Gasteiger partial charge in [0.1, 0.15) is 6.61 Å². The molecule has 1 saturated heterocycles. The van der Waals surface area contributed by atoms with Gasteiger partial charge in [-0.3, -0.25) is 4.79 Å². The lowest BCUT2D eigenvalue weighted by molar-refractivity contribution is -0.136. The van der Waals surface area contributed by atoms with Gasteiger partial charge in [-0.2, -0.15) is 0 Å². The first kappa shape index (κ1) is 14.5. The minimum Gasteiger partial charge on any atom is -0.363 e. The molecule has 2 rings (SSSR count). The standard InChI is InChI=1S/C14H19BrN2O2/c1-10(11-5-3-4-6-12(11)15)17-13(18)7-19-14(2)8-16-9-14/h3-6,10,16H,7-9H2,1-2H3,(H,17,18)/t10-/m0/s1. The van der Waals surface area contributed by atoms with Crippen LogP contribution in [-0.2, 0) is 9.53 Å². The fraction of sp³-hybridized carbons (Fsp3) is 0.500. The van der Waals surface area contributed by atoms with Crippen molar-refractivity contribution < 1.29 is 9.53 Å². The summed E-state index contributed by atoms with van der Waals surface area (Å²) in [5.41, 5.74) is 0.876. The zero-order valence-corrected chi connectivity index (χ0v) is 12.8. The zero-order valence-electron chi connectivity index (χ0n) is 11.2. The molecular formula is C14H19BrN2O2. The number of nitrogens with one attached hydrogen (secondary N) is 2. The lowest BCUT2D eigenvalue weighted by Gasteiger charge is -2.38. The molecule has 1 aromatic carbocycles. The monoisotopic (exact) mass is 326 g/mol. The van der Waals surface area contributed by atoms with Gasteiger partial charge in [-0.1, -0.05) is 34.1 Å². The number of hydrogen-bond donors (Lipinski definition) is 2. The second-order valence-electron chi connectivity index (χ2n) is 5.15. The Morgan fingerprint density at radius 2 is 2.21 bits per heavy atom. The summed E-state index contributed by atoms with van der Waals surface area (Å²) >= 11 is 3.49. The van der Waals surface area contributed by atoms with Gasteiger partial charge < -0.3 is 15.4 Å². The van der Waals surface area contributed by atoms with Crippen LogP contribution in [0.5, 0.6) is 0 Å². The van der Waals surface area contributed by atoms with Crippen LogP contribution >= 0.6 is 15.9 Å². The highest BCUT2D eigenvalue weighted by molar-refractivity contribution is 9.10. The molecule has 0 spiro atoms. The van der Waals surface area contributed by atoms with Gasteiger partial charge in [0.15, 0.2) is 0 Å². The number of carbonyl (C=O) groups is 1. The summed E-state index contributed by atoms with van der Waals surface area (Å²) in [6, 6.07) is 7.83. The van der Waals surface area contributed by atoms with Gasteiger partial charge in [0.25, 0.3) is 0 Å². The Hall–Kier alpha value is -0.910. The van der Waals surface area contributed by atoms with E-state index in [9.17, 15) is 4.79 Å². The second-order valence-corrected chi connectivity index (χ2v) is 6.01. The van der Waals surface area contributed by atoms with Crippen LogP contribution in [0.15, 0.2) is 28.7 Å². The molecule has 0 aliphatic carbocycles. The van der Waals surface area contributed by atoms with Crippen LogP contribution in [-0.4, -0.2) is 31.2 Å². The van der Waals surface area contributed by atoms with E-state index in [0.29, 0.717) is 0 Å². The van der Waals surface area contributed by atoms with Gasteiger partial charge in [-0.15, -0.1) is 0 Å². The summed E-state index contributed by atoms with van der Waals surface area (Å²) in [6.45, 7) is 5.69. The molecule has 5 heteroatoms. The van der Waals surface area contributed by atoms with Crippen molar-refractivity contribution >= 4 is 21.8 Å². The minimum absolute atomic E-state index is 0.0426. The summed E-state index contributed by atoms with van der Waals surface area (Å²) in [5.74, 6) is -0.0867. The summed E-state index contributed by atoms with van der Waals surface area (Å²) in [6.07, 6.45) is 0. The van der Waals surface area contributed by atoms with Crippen molar-refractivity contribution in [1.82, 2.24) is 10.6 Å². The van der Waals surface area contributed by atoms with E-state index in [4.69, 9.17) is 4.74 Å². The third kappa shape index (κ3) is 3.78. The van der Waals surface area contributed by atoms with Crippen LogP contribution in [0, 0.1) is 0 Å². The third-order valence-electron chi connectivity index (χ3n) is 3.30. The second kappa shape index (κ2) is 6.03. The summed E-state index contributed by atoms with van der Waals surface area (Å²) in [4.78, 5) is 11.9. The van der Waals surface area contributed by atoms with Crippen LogP contribution in [0.25, 0.3) is 0 Å². The Bertz CT molecular complexity index is 461. The van der Waals surface area contributed by atoms with Crippen LogP contribution in [0.2, 0.25) is 0 Å². The van der Waals surface area contributed by atoms with Crippen molar-refractivity contribution in [3.8, 4) is 0 Å². The highest BCUT2D eigenvalue weighted by atomic mass is 79.9. The molecule has 1 fully saturated rings. The Morgan fingerprint density at radius 1 is 1.53 bits per heavy atom. The number of rotatable bonds is 5. The van der Waals surface area contributed by atoms with Gasteiger partial charge in [0, 0.05) is 17.6 Å². The molecule has 104 valence electrons. The first-order chi connectivity index (χ1) is 9.00. The predicted molar refractivity (Wildman–Crippen MR) is 77.9 cm³/mol. The maximum atomic E-state index is 11.9. The number of ether oxygens (including phenoxy) is 1. The van der Waals surface area contributed by atoms with Crippen molar-refractivity contribution in [2.75, 3.05) is 19.7 Å². The smallest absolute Gasteiger partial charge is 0.246 e. The van der Waals surface area contributed by atoms with Gasteiger partial charge in [0.05, 0.1) is 11.6 Å². The Kier molecular flexibility index (Phi) is 4.60. The average Bonchev–Trinajstić information content (AvgIpc) is 2.34. The van der Waals surface area contributed by atoms with E-state index >= 15 is 0 Å². The van der Waals surface area contributed by atoms with Crippen molar-refractivity contribution in [1.29, 1.82) is 0 Å². The van der Waals surface area contributed by atoms with Crippen molar-refractivity contribution in [2.24, 2.45) is 0 Å². The van der Waals surface area contributed by atoms with E-state index in [-0.39, 0.29) is 24.2 Å². The van der Waals surface area contributed by atoms with Gasteiger partial charge in [-0.25, -0.2) is 0 Å². The van der Waals surface area contributed by atoms with Crippen molar-refractivity contribution in [3.63, 3.8) is 0 Å². The highest BCUT2D eigenvalue weighted by Crippen LogP contribution is 2.22. The summed E-state index contributed by atoms with van der Waals surface area (Å²) in [7, 11) is 0. The molecule has 1 atom stereocenters. The predicted octanol–water partition coefficient (Wildman–Crippen LogP) is 2.00. The fourth-order valence-electron chi connectivity index (χ4n) is 2.01. The van der Waals surface area contributed by atoms with Crippen LogP contribution in [0.4, 0.5) is 0 Å². The molecule has 1 aromatic rings. The molecule has 0 unspecified atom stereocenters. The van der Waals surface area contributed by atoms with Crippen molar-refractivity contribution in [2.45, 2.75) is 25.5 Å². The maximum Gasteiger partial charge on any atom is 0.246 e. The van der Waals surface area contributed by atoms with Gasteiger partial charge in [-0.05, 0) is 25.5 Å². The normalized spacial score (nSPS) is 18.5. The van der Waals surface area contributed by atoms with E-state index < -0.39 is 0 Å². The lowest BCUT2D eigenvalue weighted by atomic mass is 10.0. The Morgan fingerprint density at radius 3 is 2.79 bits per heavy atom. The van der Waals surface area contributed by atoms with Crippen molar-refractivity contribution in [3.05, 3.63) is 34.3 Å². The first-order valence-electron chi connectivity index (χ1n) is 6.39. The molecule has 0 saturated carbocycles. The zero-order chi connectivity index (χ0) is 13.9. The van der Waals surface area contributed by atoms with E-state index in [0.717, 1.165) is 23.1 Å². The van der Waals surface area contributed by atoms with E-state index in [1.165, 1.54) is 0 Å². The van der Waals surface area contributed by atoms with E-state index in [1.54, 1.807) is 0 Å². The molecule has 2 N–H and O–H groups in total. The maximum absolute atomic E-state index is 11.9. The SMILES string of the molecule is C[C@H](NC(=O)COC1(C)CNC1)c1ccccc1Br. The number of carbonyl (C=O) groups excluding carboxylic acids is 1. The highest BCUT2D eigenvalue weighted by Gasteiger charge is 2.33. The van der Waals surface area contributed by atoms with Gasteiger partial charge in [0.2, 0.25) is 5.91 Å². The topological polar surface area (TPSA) is 50.4 Å². The van der Waals surface area contributed by atoms with Crippen LogP contribution in [0.1, 0.15) is 25.5 Å². The Labute approximate surface area is 122 Å². The number of halogens is 1.